The van der Waals surface area contributed by atoms with E-state index in [9.17, 15) is 13.2 Å². The summed E-state index contributed by atoms with van der Waals surface area (Å²) in [5.74, 6) is 0.236. The molecule has 0 heterocycles. The molecule has 1 amide bonds. The number of aryl methyl sites for hydroxylation is 1. The molecule has 0 fully saturated rings. The Bertz CT molecular complexity index is 1490. The second-order valence-corrected chi connectivity index (χ2v) is 10.5. The molecule has 8 heteroatoms. The van der Waals surface area contributed by atoms with E-state index in [2.05, 4.69) is 5.32 Å². The second kappa shape index (κ2) is 11.8. The number of carbonyl (C=O) groups excluding carboxylic acids is 1. The first-order valence-electron chi connectivity index (χ1n) is 12.0. The van der Waals surface area contributed by atoms with Crippen LogP contribution in [0.2, 0.25) is 0 Å². The van der Waals surface area contributed by atoms with Crippen molar-refractivity contribution >= 4 is 21.6 Å². The van der Waals surface area contributed by atoms with Gasteiger partial charge in [0.2, 0.25) is 5.91 Å². The van der Waals surface area contributed by atoms with Gasteiger partial charge in [0, 0.05) is 6.07 Å². The van der Waals surface area contributed by atoms with Gasteiger partial charge in [-0.1, -0.05) is 72.8 Å². The van der Waals surface area contributed by atoms with Crippen LogP contribution in [0.25, 0.3) is 0 Å². The summed E-state index contributed by atoms with van der Waals surface area (Å²) < 4.78 is 39.6. The fourth-order valence-corrected chi connectivity index (χ4v) is 5.69. The van der Waals surface area contributed by atoms with Gasteiger partial charge in [0.15, 0.2) is 0 Å². The summed E-state index contributed by atoms with van der Waals surface area (Å²) in [5.41, 5.74) is 3.00. The first kappa shape index (κ1) is 26.8. The van der Waals surface area contributed by atoms with Crippen LogP contribution < -0.4 is 19.1 Å². The lowest BCUT2D eigenvalue weighted by atomic mass is 9.95. The Morgan fingerprint density at radius 1 is 0.842 bits per heavy atom. The third kappa shape index (κ3) is 5.81. The molecule has 0 bridgehead atoms. The lowest BCUT2D eigenvalue weighted by molar-refractivity contribution is -0.120. The zero-order valence-corrected chi connectivity index (χ0v) is 22.3. The van der Waals surface area contributed by atoms with Gasteiger partial charge in [-0.15, -0.1) is 0 Å². The number of hydrogen-bond donors (Lipinski definition) is 1. The van der Waals surface area contributed by atoms with Crippen LogP contribution in [-0.4, -0.2) is 35.1 Å². The van der Waals surface area contributed by atoms with E-state index in [1.807, 2.05) is 61.5 Å². The fourth-order valence-electron chi connectivity index (χ4n) is 4.24. The van der Waals surface area contributed by atoms with E-state index in [0.29, 0.717) is 5.75 Å². The van der Waals surface area contributed by atoms with Crippen molar-refractivity contribution in [2.24, 2.45) is 0 Å². The Balaban J connectivity index is 1.76. The number of amides is 1. The molecule has 0 aliphatic rings. The van der Waals surface area contributed by atoms with Gasteiger partial charge in [0.25, 0.3) is 10.0 Å². The zero-order valence-electron chi connectivity index (χ0n) is 21.5. The van der Waals surface area contributed by atoms with Crippen molar-refractivity contribution in [2.75, 3.05) is 25.1 Å². The number of anilines is 1. The van der Waals surface area contributed by atoms with Gasteiger partial charge < -0.3 is 14.8 Å². The van der Waals surface area contributed by atoms with Gasteiger partial charge in [0.05, 0.1) is 30.8 Å². The molecule has 0 radical (unpaired) electrons. The number of sulfonamides is 1. The number of ether oxygens (including phenoxy) is 2. The summed E-state index contributed by atoms with van der Waals surface area (Å²) in [4.78, 5) is 13.7. The van der Waals surface area contributed by atoms with Crippen molar-refractivity contribution < 1.29 is 22.7 Å². The molecule has 0 aliphatic heterocycles. The van der Waals surface area contributed by atoms with Crippen molar-refractivity contribution in [3.63, 3.8) is 0 Å². The monoisotopic (exact) mass is 530 g/mol. The highest BCUT2D eigenvalue weighted by molar-refractivity contribution is 7.92. The Morgan fingerprint density at radius 2 is 1.47 bits per heavy atom. The van der Waals surface area contributed by atoms with Crippen molar-refractivity contribution in [1.82, 2.24) is 5.32 Å². The summed E-state index contributed by atoms with van der Waals surface area (Å²) in [6.07, 6.45) is 0. The van der Waals surface area contributed by atoms with E-state index in [1.54, 1.807) is 36.4 Å². The molecule has 4 aromatic carbocycles. The molecule has 4 aromatic rings. The molecule has 0 saturated heterocycles. The number of benzene rings is 4. The first-order chi connectivity index (χ1) is 18.3. The predicted molar refractivity (Wildman–Crippen MR) is 148 cm³/mol. The highest BCUT2D eigenvalue weighted by Crippen LogP contribution is 2.36. The lowest BCUT2D eigenvalue weighted by Gasteiger charge is -2.28. The maximum atomic E-state index is 13.9. The van der Waals surface area contributed by atoms with Crippen LogP contribution in [0.15, 0.2) is 108 Å². The Labute approximate surface area is 223 Å². The first-order valence-corrected chi connectivity index (χ1v) is 13.5. The van der Waals surface area contributed by atoms with Gasteiger partial charge in [0.1, 0.15) is 18.0 Å². The molecule has 1 N–H and O–H groups in total. The lowest BCUT2D eigenvalue weighted by Crippen LogP contribution is -2.42. The minimum Gasteiger partial charge on any atom is -0.497 e. The maximum Gasteiger partial charge on any atom is 0.264 e. The van der Waals surface area contributed by atoms with Crippen LogP contribution in [0.3, 0.4) is 0 Å². The highest BCUT2D eigenvalue weighted by atomic mass is 32.2. The largest absolute Gasteiger partial charge is 0.497 e. The summed E-state index contributed by atoms with van der Waals surface area (Å²) in [5, 5.41) is 3.06. The van der Waals surface area contributed by atoms with E-state index in [0.717, 1.165) is 21.0 Å². The molecule has 0 unspecified atom stereocenters. The average molecular weight is 531 g/mol. The Morgan fingerprint density at radius 3 is 2.11 bits per heavy atom. The van der Waals surface area contributed by atoms with Gasteiger partial charge in [-0.2, -0.15) is 0 Å². The summed E-state index contributed by atoms with van der Waals surface area (Å²) in [6, 6.07) is 29.7. The Hall–Kier alpha value is -4.30. The van der Waals surface area contributed by atoms with Gasteiger partial charge in [-0.25, -0.2) is 8.42 Å². The van der Waals surface area contributed by atoms with Crippen molar-refractivity contribution in [3.8, 4) is 11.5 Å². The minimum absolute atomic E-state index is 0.0520. The third-order valence-electron chi connectivity index (χ3n) is 6.21. The predicted octanol–water partition coefficient (Wildman–Crippen LogP) is 5.11. The van der Waals surface area contributed by atoms with Crippen LogP contribution in [-0.2, 0) is 14.8 Å². The smallest absolute Gasteiger partial charge is 0.264 e. The standard InChI is InChI=1S/C30H30N2O5S/c1-22-12-10-11-17-26(22)30(23-13-6-4-7-14-23)31-29(33)21-32(38(34,35)25-15-8-5-9-16-25)27-20-24(36-2)18-19-28(27)37-3/h4-20,30H,21H2,1-3H3,(H,31,33)/t30-/m0/s1. The number of hydrogen-bond acceptors (Lipinski definition) is 5. The van der Waals surface area contributed by atoms with E-state index >= 15 is 0 Å². The quantitative estimate of drug-likeness (QED) is 0.308. The topological polar surface area (TPSA) is 84.9 Å². The molecular formula is C30H30N2O5S. The third-order valence-corrected chi connectivity index (χ3v) is 7.98. The molecule has 4 rings (SSSR count). The SMILES string of the molecule is COc1ccc(OC)c(N(CC(=O)N[C@@H](c2ccccc2)c2ccccc2C)S(=O)(=O)c2ccccc2)c1. The molecule has 0 saturated carbocycles. The van der Waals surface area contributed by atoms with E-state index in [-0.39, 0.29) is 16.3 Å². The number of nitrogens with one attached hydrogen (secondary N) is 1. The highest BCUT2D eigenvalue weighted by Gasteiger charge is 2.31. The molecule has 0 aromatic heterocycles. The molecule has 0 spiro atoms. The molecule has 196 valence electrons. The van der Waals surface area contributed by atoms with Gasteiger partial charge >= 0.3 is 0 Å². The van der Waals surface area contributed by atoms with Crippen LogP contribution in [0.1, 0.15) is 22.7 Å². The van der Waals surface area contributed by atoms with E-state index in [1.165, 1.54) is 26.4 Å². The Kier molecular flexibility index (Phi) is 8.33. The normalized spacial score (nSPS) is 11.9. The number of carbonyl (C=O) groups is 1. The molecule has 0 aliphatic carbocycles. The maximum absolute atomic E-state index is 13.9. The van der Waals surface area contributed by atoms with E-state index in [4.69, 9.17) is 9.47 Å². The summed E-state index contributed by atoms with van der Waals surface area (Å²) >= 11 is 0. The molecule has 1 atom stereocenters. The van der Waals surface area contributed by atoms with Crippen molar-refractivity contribution in [1.29, 1.82) is 0 Å². The minimum atomic E-state index is -4.14. The fraction of sp³-hybridized carbons (Fsp3) is 0.167. The molecule has 7 nitrogen and oxygen atoms in total. The summed E-state index contributed by atoms with van der Waals surface area (Å²) in [7, 11) is -1.21. The van der Waals surface area contributed by atoms with Crippen LogP contribution in [0.4, 0.5) is 5.69 Å². The summed E-state index contributed by atoms with van der Waals surface area (Å²) in [6.45, 7) is 1.50. The van der Waals surface area contributed by atoms with Gasteiger partial charge in [-0.05, 0) is 47.9 Å². The number of methoxy groups -OCH3 is 2. The molecule has 38 heavy (non-hydrogen) atoms. The van der Waals surface area contributed by atoms with Crippen LogP contribution in [0.5, 0.6) is 11.5 Å². The number of rotatable bonds is 10. The van der Waals surface area contributed by atoms with E-state index < -0.39 is 28.5 Å². The van der Waals surface area contributed by atoms with Gasteiger partial charge in [-0.3, -0.25) is 9.10 Å². The zero-order chi connectivity index (χ0) is 27.1. The molecular weight excluding hydrogens is 500 g/mol. The van der Waals surface area contributed by atoms with Crippen LogP contribution in [0, 0.1) is 6.92 Å². The second-order valence-electron chi connectivity index (χ2n) is 8.63. The number of nitrogens with zero attached hydrogens (tertiary/aromatic N) is 1. The average Bonchev–Trinajstić information content (AvgIpc) is 2.95. The van der Waals surface area contributed by atoms with Crippen molar-refractivity contribution in [3.05, 3.63) is 120 Å². The van der Waals surface area contributed by atoms with Crippen molar-refractivity contribution in [2.45, 2.75) is 17.9 Å². The van der Waals surface area contributed by atoms with Crippen LogP contribution >= 0.6 is 0 Å².